The lowest BCUT2D eigenvalue weighted by molar-refractivity contribution is -0.388. The zero-order valence-corrected chi connectivity index (χ0v) is 31.9. The average molecular weight is 817 g/mol. The molecule has 0 unspecified atom stereocenters. The first-order chi connectivity index (χ1) is 26.6. The number of ether oxygens (including phenoxy) is 4. The van der Waals surface area contributed by atoms with E-state index in [9.17, 15) is 46.7 Å². The Balaban J connectivity index is 1.56. The Morgan fingerprint density at radius 1 is 0.589 bits per heavy atom. The van der Waals surface area contributed by atoms with E-state index in [2.05, 4.69) is 10.6 Å². The quantitative estimate of drug-likeness (QED) is 0.0784. The standard InChI is InChI=1S/C34H36N6O14S2/c1-51-23-13-15-25(29(19-23)53-3)37(55(47,48)31-11-7-5-9-27(31)39(43)44)21-33(41)35-17-18-36-34(42)22-38(26-16-14-24(52-2)20-30(26)54-4)56(49,50)32-12-8-6-10-28(32)40(45)46/h5-16,19-20H,17-18,21-22H2,1-4H3,(H,35,41)(H,36,42). The maximum absolute atomic E-state index is 14.0. The number of methoxy groups -OCH3 is 4. The van der Waals surface area contributed by atoms with Gasteiger partial charge in [-0.1, -0.05) is 24.3 Å². The van der Waals surface area contributed by atoms with E-state index in [1.807, 2.05) is 0 Å². The molecule has 0 aliphatic heterocycles. The molecule has 4 aromatic rings. The summed E-state index contributed by atoms with van der Waals surface area (Å²) < 4.78 is 78.2. The molecule has 0 aromatic heterocycles. The molecule has 4 rings (SSSR count). The summed E-state index contributed by atoms with van der Waals surface area (Å²) >= 11 is 0. The van der Waals surface area contributed by atoms with Crippen molar-refractivity contribution in [1.82, 2.24) is 10.6 Å². The van der Waals surface area contributed by atoms with Crippen LogP contribution in [-0.4, -0.2) is 93.1 Å². The van der Waals surface area contributed by atoms with E-state index in [0.717, 1.165) is 24.3 Å². The van der Waals surface area contributed by atoms with Crippen molar-refractivity contribution in [2.24, 2.45) is 0 Å². The first kappa shape index (κ1) is 42.1. The van der Waals surface area contributed by atoms with Crippen molar-refractivity contribution in [1.29, 1.82) is 0 Å². The van der Waals surface area contributed by atoms with Crippen LogP contribution < -0.4 is 38.2 Å². The summed E-state index contributed by atoms with van der Waals surface area (Å²) in [5.74, 6) is -1.31. The predicted octanol–water partition coefficient (Wildman–Crippen LogP) is 2.86. The number of hydrogen-bond donors (Lipinski definition) is 2. The second-order valence-electron chi connectivity index (χ2n) is 11.2. The van der Waals surface area contributed by atoms with Crippen LogP contribution in [0.15, 0.2) is 94.7 Å². The number of benzene rings is 4. The van der Waals surface area contributed by atoms with E-state index in [-0.39, 0.29) is 47.5 Å². The second-order valence-corrected chi connectivity index (χ2v) is 14.9. The van der Waals surface area contributed by atoms with E-state index in [1.165, 1.54) is 89.1 Å². The van der Waals surface area contributed by atoms with Gasteiger partial charge in [0.05, 0.1) is 49.7 Å². The Hall–Kier alpha value is -6.68. The number of anilines is 2. The van der Waals surface area contributed by atoms with Crippen molar-refractivity contribution in [3.63, 3.8) is 0 Å². The Bertz CT molecular complexity index is 2180. The molecule has 56 heavy (non-hydrogen) atoms. The molecule has 22 heteroatoms. The molecule has 0 bridgehead atoms. The van der Waals surface area contributed by atoms with Gasteiger partial charge in [0.15, 0.2) is 9.79 Å². The summed E-state index contributed by atoms with van der Waals surface area (Å²) in [7, 11) is -4.38. The molecule has 0 fully saturated rings. The monoisotopic (exact) mass is 816 g/mol. The number of hydrogen-bond acceptors (Lipinski definition) is 14. The van der Waals surface area contributed by atoms with E-state index < -0.39 is 76.0 Å². The fraction of sp³-hybridized carbons (Fsp3) is 0.235. The molecule has 4 aromatic carbocycles. The van der Waals surface area contributed by atoms with Gasteiger partial charge in [-0.25, -0.2) is 16.8 Å². The van der Waals surface area contributed by atoms with Crippen LogP contribution in [0.25, 0.3) is 0 Å². The summed E-state index contributed by atoms with van der Waals surface area (Å²) in [5.41, 5.74) is -1.77. The molecular formula is C34H36N6O14S2. The van der Waals surface area contributed by atoms with Gasteiger partial charge in [0.2, 0.25) is 11.8 Å². The van der Waals surface area contributed by atoms with Crippen LogP contribution in [0.1, 0.15) is 0 Å². The summed E-state index contributed by atoms with van der Waals surface area (Å²) in [6, 6.07) is 17.2. The molecule has 0 aliphatic rings. The SMILES string of the molecule is COc1ccc(N(CC(=O)NCCNC(=O)CN(c2ccc(OC)cc2OC)S(=O)(=O)c2ccccc2[N+](=O)[O-])S(=O)(=O)c2ccccc2[N+](=O)[O-])c(OC)c1. The van der Waals surface area contributed by atoms with Gasteiger partial charge >= 0.3 is 0 Å². The predicted molar refractivity (Wildman–Crippen MR) is 200 cm³/mol. The molecule has 0 saturated carbocycles. The highest BCUT2D eigenvalue weighted by Gasteiger charge is 2.36. The van der Waals surface area contributed by atoms with Crippen LogP contribution in [0.5, 0.6) is 23.0 Å². The maximum atomic E-state index is 14.0. The summed E-state index contributed by atoms with van der Waals surface area (Å²) in [4.78, 5) is 46.9. The van der Waals surface area contributed by atoms with E-state index in [0.29, 0.717) is 8.61 Å². The average Bonchev–Trinajstić information content (AvgIpc) is 3.19. The molecule has 0 spiro atoms. The minimum Gasteiger partial charge on any atom is -0.497 e. The highest BCUT2D eigenvalue weighted by Crippen LogP contribution is 2.38. The molecule has 0 atom stereocenters. The maximum Gasteiger partial charge on any atom is 0.289 e. The van der Waals surface area contributed by atoms with Crippen molar-refractivity contribution in [3.05, 3.63) is 105 Å². The summed E-state index contributed by atoms with van der Waals surface area (Å²) in [6.45, 7) is -2.40. The van der Waals surface area contributed by atoms with E-state index in [4.69, 9.17) is 18.9 Å². The fourth-order valence-electron chi connectivity index (χ4n) is 5.25. The number of nitro groups is 2. The molecule has 0 radical (unpaired) electrons. The first-order valence-corrected chi connectivity index (χ1v) is 19.0. The number of nitrogens with one attached hydrogen (secondary N) is 2. The molecule has 0 aliphatic carbocycles. The zero-order valence-electron chi connectivity index (χ0n) is 30.2. The molecule has 0 heterocycles. The molecule has 298 valence electrons. The first-order valence-electron chi connectivity index (χ1n) is 16.1. The lowest BCUT2D eigenvalue weighted by atomic mass is 10.2. The summed E-state index contributed by atoms with van der Waals surface area (Å²) in [5, 5.41) is 28.4. The smallest absolute Gasteiger partial charge is 0.289 e. The normalized spacial score (nSPS) is 11.1. The Morgan fingerprint density at radius 2 is 0.946 bits per heavy atom. The van der Waals surface area contributed by atoms with Crippen LogP contribution in [0.4, 0.5) is 22.7 Å². The highest BCUT2D eigenvalue weighted by atomic mass is 32.2. The number of sulfonamides is 2. The lowest BCUT2D eigenvalue weighted by Crippen LogP contribution is -2.45. The third-order valence-electron chi connectivity index (χ3n) is 7.91. The minimum absolute atomic E-state index is 0.0413. The number of amides is 2. The van der Waals surface area contributed by atoms with Gasteiger partial charge < -0.3 is 29.6 Å². The van der Waals surface area contributed by atoms with Crippen LogP contribution in [0.2, 0.25) is 0 Å². The van der Waals surface area contributed by atoms with Gasteiger partial charge in [0.1, 0.15) is 36.1 Å². The van der Waals surface area contributed by atoms with Crippen molar-refractivity contribution in [2.45, 2.75) is 9.79 Å². The van der Waals surface area contributed by atoms with Crippen LogP contribution in [0.3, 0.4) is 0 Å². The van der Waals surface area contributed by atoms with Crippen LogP contribution in [-0.2, 0) is 29.6 Å². The van der Waals surface area contributed by atoms with Gasteiger partial charge in [0.25, 0.3) is 31.4 Å². The largest absolute Gasteiger partial charge is 0.497 e. The van der Waals surface area contributed by atoms with Crippen molar-refractivity contribution in [3.8, 4) is 23.0 Å². The molecule has 2 N–H and O–H groups in total. The van der Waals surface area contributed by atoms with Crippen molar-refractivity contribution in [2.75, 3.05) is 63.2 Å². The molecule has 2 amide bonds. The summed E-state index contributed by atoms with van der Waals surface area (Å²) in [6.07, 6.45) is 0. The second kappa shape index (κ2) is 18.1. The Morgan fingerprint density at radius 3 is 1.27 bits per heavy atom. The Kier molecular flexibility index (Phi) is 13.6. The lowest BCUT2D eigenvalue weighted by Gasteiger charge is -2.26. The van der Waals surface area contributed by atoms with E-state index >= 15 is 0 Å². The number of nitro benzene ring substituents is 2. The van der Waals surface area contributed by atoms with Gasteiger partial charge in [0, 0.05) is 37.4 Å². The van der Waals surface area contributed by atoms with Gasteiger partial charge in [-0.15, -0.1) is 0 Å². The van der Waals surface area contributed by atoms with Crippen molar-refractivity contribution < 1.29 is 55.2 Å². The third kappa shape index (κ3) is 9.33. The zero-order chi connectivity index (χ0) is 41.2. The number of carbonyl (C=O) groups is 2. The molecular weight excluding hydrogens is 781 g/mol. The van der Waals surface area contributed by atoms with Crippen LogP contribution in [0, 0.1) is 20.2 Å². The molecule has 20 nitrogen and oxygen atoms in total. The van der Waals surface area contributed by atoms with Gasteiger partial charge in [-0.05, 0) is 36.4 Å². The Labute approximate surface area is 320 Å². The number of rotatable bonds is 19. The van der Waals surface area contributed by atoms with Crippen LogP contribution >= 0.6 is 0 Å². The number of para-hydroxylation sites is 2. The minimum atomic E-state index is -4.80. The number of carbonyl (C=O) groups excluding carboxylic acids is 2. The van der Waals surface area contributed by atoms with Gasteiger partial charge in [-0.3, -0.25) is 38.4 Å². The number of nitrogens with zero attached hydrogens (tertiary/aromatic N) is 4. The molecule has 0 saturated heterocycles. The van der Waals surface area contributed by atoms with E-state index in [1.54, 1.807) is 0 Å². The van der Waals surface area contributed by atoms with Crippen molar-refractivity contribution >= 4 is 54.6 Å². The fourth-order valence-corrected chi connectivity index (χ4v) is 8.43. The third-order valence-corrected chi connectivity index (χ3v) is 11.5. The highest BCUT2D eigenvalue weighted by molar-refractivity contribution is 7.93. The topological polar surface area (TPSA) is 256 Å². The van der Waals surface area contributed by atoms with Gasteiger partial charge in [-0.2, -0.15) is 0 Å².